The van der Waals surface area contributed by atoms with Gasteiger partial charge in [-0.05, 0) is 43.9 Å². The van der Waals surface area contributed by atoms with Gasteiger partial charge >= 0.3 is 5.97 Å². The van der Waals surface area contributed by atoms with E-state index in [0.717, 1.165) is 5.75 Å². The van der Waals surface area contributed by atoms with Crippen LogP contribution in [-0.2, 0) is 15.3 Å². The molecule has 1 amide bonds. The van der Waals surface area contributed by atoms with Crippen molar-refractivity contribution in [1.82, 2.24) is 9.97 Å². The highest BCUT2D eigenvalue weighted by Gasteiger charge is 2.17. The van der Waals surface area contributed by atoms with Crippen molar-refractivity contribution >= 4 is 41.1 Å². The third kappa shape index (κ3) is 6.72. The van der Waals surface area contributed by atoms with Gasteiger partial charge in [0.15, 0.2) is 5.16 Å². The Morgan fingerprint density at radius 2 is 1.96 bits per heavy atom. The van der Waals surface area contributed by atoms with Crippen molar-refractivity contribution in [3.05, 3.63) is 51.9 Å². The van der Waals surface area contributed by atoms with E-state index in [1.807, 2.05) is 6.92 Å². The molecule has 28 heavy (non-hydrogen) atoms. The molecule has 0 radical (unpaired) electrons. The second kappa shape index (κ2) is 10.9. The van der Waals surface area contributed by atoms with E-state index in [9.17, 15) is 14.4 Å². The van der Waals surface area contributed by atoms with Gasteiger partial charge < -0.3 is 15.0 Å². The fraction of sp³-hybridized carbons (Fsp3) is 0.368. The topological polar surface area (TPSA) is 101 Å². The molecular formula is C19H23N3O4S2. The molecule has 0 bridgehead atoms. The molecule has 1 unspecified atom stereocenters. The molecular weight excluding hydrogens is 398 g/mol. The van der Waals surface area contributed by atoms with Crippen LogP contribution in [0.15, 0.2) is 40.3 Å². The van der Waals surface area contributed by atoms with Gasteiger partial charge in [-0.15, -0.1) is 0 Å². The number of benzene rings is 1. The lowest BCUT2D eigenvalue weighted by Crippen LogP contribution is -2.23. The first-order chi connectivity index (χ1) is 13.4. The van der Waals surface area contributed by atoms with E-state index in [-0.39, 0.29) is 11.5 Å². The molecule has 0 saturated carbocycles. The molecule has 0 aliphatic carbocycles. The Bertz CT molecular complexity index is 868. The van der Waals surface area contributed by atoms with Crippen LogP contribution in [0.2, 0.25) is 0 Å². The molecule has 1 heterocycles. The lowest BCUT2D eigenvalue weighted by Gasteiger charge is -2.12. The molecule has 0 saturated heterocycles. The molecule has 2 N–H and O–H groups in total. The van der Waals surface area contributed by atoms with Crippen LogP contribution in [0.1, 0.15) is 36.8 Å². The van der Waals surface area contributed by atoms with E-state index < -0.39 is 11.2 Å². The molecule has 1 atom stereocenters. The van der Waals surface area contributed by atoms with Crippen LogP contribution in [0.5, 0.6) is 0 Å². The van der Waals surface area contributed by atoms with Crippen LogP contribution in [0.3, 0.4) is 0 Å². The standard InChI is InChI=1S/C19H23N3O4S2/c1-4-26-18(25)13-6-8-14(9-7-13)20-17(24)12(3)28-19-21-15(11-27-5-2)10-16(23)22-19/h6-10,12H,4-5,11H2,1-3H3,(H,20,24)(H,21,22,23). The first kappa shape index (κ1) is 22.0. The number of H-pyrrole nitrogens is 1. The molecule has 150 valence electrons. The number of aromatic nitrogens is 2. The minimum absolute atomic E-state index is 0.230. The fourth-order valence-electron chi connectivity index (χ4n) is 2.19. The lowest BCUT2D eigenvalue weighted by molar-refractivity contribution is -0.115. The van der Waals surface area contributed by atoms with Crippen molar-refractivity contribution in [3.8, 4) is 0 Å². The molecule has 0 spiro atoms. The SMILES string of the molecule is CCOC(=O)c1ccc(NC(=O)C(C)Sc2nc(CSCC)cc(=O)[nH]2)cc1. The fourth-order valence-corrected chi connectivity index (χ4v) is 3.58. The number of esters is 1. The maximum absolute atomic E-state index is 12.4. The van der Waals surface area contributed by atoms with Gasteiger partial charge in [0.05, 0.1) is 23.1 Å². The number of carbonyl (C=O) groups is 2. The number of hydrogen-bond donors (Lipinski definition) is 2. The number of anilines is 1. The van der Waals surface area contributed by atoms with Crippen molar-refractivity contribution in [2.24, 2.45) is 0 Å². The van der Waals surface area contributed by atoms with E-state index >= 15 is 0 Å². The maximum atomic E-state index is 12.4. The summed E-state index contributed by atoms with van der Waals surface area (Å²) in [6.45, 7) is 5.83. The average Bonchev–Trinajstić information content (AvgIpc) is 2.66. The summed E-state index contributed by atoms with van der Waals surface area (Å²) in [5.74, 6) is 0.955. The minimum atomic E-state index is -0.470. The number of carbonyl (C=O) groups excluding carboxylic acids is 2. The van der Waals surface area contributed by atoms with E-state index in [1.165, 1.54) is 17.8 Å². The monoisotopic (exact) mass is 421 g/mol. The van der Waals surface area contributed by atoms with Crippen LogP contribution in [0.4, 0.5) is 5.69 Å². The number of hydrogen-bond acceptors (Lipinski definition) is 7. The first-order valence-corrected chi connectivity index (χ1v) is 10.9. The maximum Gasteiger partial charge on any atom is 0.338 e. The summed E-state index contributed by atoms with van der Waals surface area (Å²) >= 11 is 2.86. The number of rotatable bonds is 9. The van der Waals surface area contributed by atoms with Gasteiger partial charge in [-0.2, -0.15) is 11.8 Å². The van der Waals surface area contributed by atoms with Gasteiger partial charge in [0.2, 0.25) is 5.91 Å². The number of thioether (sulfide) groups is 2. The zero-order chi connectivity index (χ0) is 20.5. The summed E-state index contributed by atoms with van der Waals surface area (Å²) in [6, 6.07) is 7.95. The van der Waals surface area contributed by atoms with Gasteiger partial charge in [0.1, 0.15) is 0 Å². The van der Waals surface area contributed by atoms with E-state index in [1.54, 1.807) is 49.9 Å². The third-order valence-corrected chi connectivity index (χ3v) is 5.44. The average molecular weight is 422 g/mol. The van der Waals surface area contributed by atoms with Crippen molar-refractivity contribution in [1.29, 1.82) is 0 Å². The highest BCUT2D eigenvalue weighted by Crippen LogP contribution is 2.21. The molecule has 0 aliphatic heterocycles. The number of aromatic amines is 1. The predicted molar refractivity (Wildman–Crippen MR) is 113 cm³/mol. The molecule has 1 aromatic heterocycles. The largest absolute Gasteiger partial charge is 0.462 e. The summed E-state index contributed by atoms with van der Waals surface area (Å²) in [5.41, 5.74) is 1.46. The van der Waals surface area contributed by atoms with E-state index in [0.29, 0.717) is 34.5 Å². The highest BCUT2D eigenvalue weighted by molar-refractivity contribution is 8.00. The highest BCUT2D eigenvalue weighted by atomic mass is 32.2. The minimum Gasteiger partial charge on any atom is -0.462 e. The molecule has 2 aromatic rings. The second-order valence-electron chi connectivity index (χ2n) is 5.73. The Morgan fingerprint density at radius 3 is 2.61 bits per heavy atom. The molecule has 0 fully saturated rings. The van der Waals surface area contributed by atoms with Crippen molar-refractivity contribution in [3.63, 3.8) is 0 Å². The van der Waals surface area contributed by atoms with Gasteiger partial charge in [0.25, 0.3) is 5.56 Å². The molecule has 9 heteroatoms. The van der Waals surface area contributed by atoms with Gasteiger partial charge in [-0.3, -0.25) is 9.59 Å². The van der Waals surface area contributed by atoms with Crippen LogP contribution in [0.25, 0.3) is 0 Å². The van der Waals surface area contributed by atoms with Crippen LogP contribution in [-0.4, -0.2) is 39.5 Å². The molecule has 0 aliphatic rings. The number of nitrogens with one attached hydrogen (secondary N) is 2. The number of nitrogens with zero attached hydrogens (tertiary/aromatic N) is 1. The smallest absolute Gasteiger partial charge is 0.338 e. The zero-order valence-electron chi connectivity index (χ0n) is 16.0. The summed E-state index contributed by atoms with van der Waals surface area (Å²) in [5, 5.41) is 2.73. The van der Waals surface area contributed by atoms with Crippen molar-refractivity contribution in [2.45, 2.75) is 36.9 Å². The van der Waals surface area contributed by atoms with E-state index in [2.05, 4.69) is 15.3 Å². The summed E-state index contributed by atoms with van der Waals surface area (Å²) < 4.78 is 4.93. The quantitative estimate of drug-likeness (QED) is 0.364. The Kier molecular flexibility index (Phi) is 8.59. The third-order valence-electron chi connectivity index (χ3n) is 3.55. The summed E-state index contributed by atoms with van der Waals surface area (Å²) in [6.07, 6.45) is 0. The van der Waals surface area contributed by atoms with Gasteiger partial charge in [-0.25, -0.2) is 9.78 Å². The first-order valence-electron chi connectivity index (χ1n) is 8.85. The normalized spacial score (nSPS) is 11.7. The summed E-state index contributed by atoms with van der Waals surface area (Å²) in [7, 11) is 0. The molecule has 2 rings (SSSR count). The van der Waals surface area contributed by atoms with Crippen molar-refractivity contribution in [2.75, 3.05) is 17.7 Å². The number of ether oxygens (including phenoxy) is 1. The Hall–Kier alpha value is -2.26. The Morgan fingerprint density at radius 1 is 1.25 bits per heavy atom. The predicted octanol–water partition coefficient (Wildman–Crippen LogP) is 3.32. The summed E-state index contributed by atoms with van der Waals surface area (Å²) in [4.78, 5) is 43.0. The Balaban J connectivity index is 1.98. The molecule has 1 aromatic carbocycles. The van der Waals surface area contributed by atoms with Crippen LogP contribution >= 0.6 is 23.5 Å². The second-order valence-corrected chi connectivity index (χ2v) is 8.33. The number of amides is 1. The van der Waals surface area contributed by atoms with Crippen molar-refractivity contribution < 1.29 is 14.3 Å². The lowest BCUT2D eigenvalue weighted by atomic mass is 10.2. The zero-order valence-corrected chi connectivity index (χ0v) is 17.6. The Labute approximate surface area is 172 Å². The van der Waals surface area contributed by atoms with Gasteiger partial charge in [-0.1, -0.05) is 18.7 Å². The van der Waals surface area contributed by atoms with Crippen LogP contribution < -0.4 is 10.9 Å². The van der Waals surface area contributed by atoms with E-state index in [4.69, 9.17) is 4.74 Å². The molecule has 7 nitrogen and oxygen atoms in total. The van der Waals surface area contributed by atoms with Crippen LogP contribution in [0, 0.1) is 0 Å². The van der Waals surface area contributed by atoms with Gasteiger partial charge in [0, 0.05) is 17.5 Å².